The molecule has 0 unspecified atom stereocenters. The molecule has 0 aliphatic carbocycles. The molecule has 0 radical (unpaired) electrons. The van der Waals surface area contributed by atoms with Crippen molar-refractivity contribution in [1.82, 2.24) is 5.43 Å². The Bertz CT molecular complexity index is 694. The first-order chi connectivity index (χ1) is 10.7. The maximum Gasteiger partial charge on any atom is 0.271 e. The van der Waals surface area contributed by atoms with E-state index in [1.165, 1.54) is 6.21 Å². The molecular weight excluding hydrogens is 300 g/mol. The number of nitrogens with zero attached hydrogens (tertiary/aromatic N) is 1. The van der Waals surface area contributed by atoms with Crippen molar-refractivity contribution in [2.24, 2.45) is 5.10 Å². The highest BCUT2D eigenvalue weighted by Crippen LogP contribution is 2.18. The van der Waals surface area contributed by atoms with E-state index in [4.69, 9.17) is 16.3 Å². The number of hydrogen-bond donors (Lipinski definition) is 1. The van der Waals surface area contributed by atoms with Gasteiger partial charge in [-0.25, -0.2) is 5.43 Å². The van der Waals surface area contributed by atoms with Gasteiger partial charge in [-0.3, -0.25) is 4.79 Å². The average molecular weight is 315 g/mol. The molecule has 0 saturated heterocycles. The fourth-order valence-electron chi connectivity index (χ4n) is 1.76. The first kappa shape index (κ1) is 15.8. The van der Waals surface area contributed by atoms with E-state index >= 15 is 0 Å². The minimum absolute atomic E-state index is 0.293. The molecule has 112 valence electrons. The summed E-state index contributed by atoms with van der Waals surface area (Å²) in [7, 11) is 1.62. The van der Waals surface area contributed by atoms with Gasteiger partial charge < -0.3 is 4.74 Å². The number of carbonyl (C=O) groups is 1. The maximum absolute atomic E-state index is 11.8. The molecule has 0 bridgehead atoms. The second-order valence-electron chi connectivity index (χ2n) is 4.33. The van der Waals surface area contributed by atoms with Crippen molar-refractivity contribution in [2.75, 3.05) is 7.11 Å². The number of allylic oxidation sites excluding steroid dienone is 1. The van der Waals surface area contributed by atoms with Crippen LogP contribution in [0, 0.1) is 0 Å². The third-order valence-electron chi connectivity index (χ3n) is 2.85. The SMILES string of the molecule is COc1ccccc1/C=C/C=N\NC(=O)c1ccc(Cl)cc1. The molecule has 0 spiro atoms. The number of amides is 1. The van der Waals surface area contributed by atoms with E-state index in [2.05, 4.69) is 10.5 Å². The minimum Gasteiger partial charge on any atom is -0.496 e. The molecule has 0 atom stereocenters. The van der Waals surface area contributed by atoms with E-state index in [1.54, 1.807) is 37.5 Å². The van der Waals surface area contributed by atoms with Crippen LogP contribution in [0.25, 0.3) is 6.08 Å². The third kappa shape index (κ3) is 4.46. The molecule has 0 aliphatic rings. The summed E-state index contributed by atoms with van der Waals surface area (Å²) >= 11 is 5.76. The van der Waals surface area contributed by atoms with Crippen molar-refractivity contribution in [2.45, 2.75) is 0 Å². The molecule has 0 heterocycles. The summed E-state index contributed by atoms with van der Waals surface area (Å²) in [5.74, 6) is 0.482. The Morgan fingerprint density at radius 2 is 1.91 bits per heavy atom. The number of rotatable bonds is 5. The van der Waals surface area contributed by atoms with Gasteiger partial charge in [-0.2, -0.15) is 5.10 Å². The number of benzene rings is 2. The van der Waals surface area contributed by atoms with Crippen LogP contribution in [-0.2, 0) is 0 Å². The summed E-state index contributed by atoms with van der Waals surface area (Å²) in [6.07, 6.45) is 5.07. The Hall–Kier alpha value is -2.59. The number of halogens is 1. The molecule has 4 nitrogen and oxygen atoms in total. The fourth-order valence-corrected chi connectivity index (χ4v) is 1.88. The van der Waals surface area contributed by atoms with E-state index in [0.717, 1.165) is 11.3 Å². The highest BCUT2D eigenvalue weighted by molar-refractivity contribution is 6.30. The van der Waals surface area contributed by atoms with Crippen molar-refractivity contribution >= 4 is 29.8 Å². The summed E-state index contributed by atoms with van der Waals surface area (Å²) in [5, 5.41) is 4.44. The number of ether oxygens (including phenoxy) is 1. The van der Waals surface area contributed by atoms with Gasteiger partial charge in [0.1, 0.15) is 5.75 Å². The van der Waals surface area contributed by atoms with E-state index in [1.807, 2.05) is 30.3 Å². The molecule has 0 aliphatic heterocycles. The van der Waals surface area contributed by atoms with Gasteiger partial charge >= 0.3 is 0 Å². The second-order valence-corrected chi connectivity index (χ2v) is 4.76. The monoisotopic (exact) mass is 314 g/mol. The lowest BCUT2D eigenvalue weighted by Gasteiger charge is -2.02. The molecule has 2 aromatic rings. The third-order valence-corrected chi connectivity index (χ3v) is 3.10. The van der Waals surface area contributed by atoms with Gasteiger partial charge in [0, 0.05) is 22.4 Å². The first-order valence-electron chi connectivity index (χ1n) is 6.59. The zero-order chi connectivity index (χ0) is 15.8. The Kier molecular flexibility index (Phi) is 5.74. The highest BCUT2D eigenvalue weighted by Gasteiger charge is 2.02. The number of nitrogens with one attached hydrogen (secondary N) is 1. The maximum atomic E-state index is 11.8. The predicted molar refractivity (Wildman–Crippen MR) is 89.4 cm³/mol. The van der Waals surface area contributed by atoms with Crippen LogP contribution in [0.1, 0.15) is 15.9 Å². The lowest BCUT2D eigenvalue weighted by Crippen LogP contribution is -2.17. The largest absolute Gasteiger partial charge is 0.496 e. The lowest BCUT2D eigenvalue weighted by atomic mass is 10.2. The Morgan fingerprint density at radius 1 is 1.18 bits per heavy atom. The van der Waals surface area contributed by atoms with Gasteiger partial charge in [0.2, 0.25) is 0 Å². The number of hydrazone groups is 1. The molecule has 0 fully saturated rings. The topological polar surface area (TPSA) is 50.7 Å². The van der Waals surface area contributed by atoms with Crippen LogP contribution in [0.2, 0.25) is 5.02 Å². The van der Waals surface area contributed by atoms with Crippen LogP contribution in [0.15, 0.2) is 59.7 Å². The van der Waals surface area contributed by atoms with E-state index in [0.29, 0.717) is 10.6 Å². The van der Waals surface area contributed by atoms with Gasteiger partial charge in [0.25, 0.3) is 5.91 Å². The Balaban J connectivity index is 1.91. The molecule has 0 aromatic heterocycles. The number of para-hydroxylation sites is 1. The number of hydrogen-bond acceptors (Lipinski definition) is 3. The molecule has 22 heavy (non-hydrogen) atoms. The molecular formula is C17H15ClN2O2. The number of methoxy groups -OCH3 is 1. The van der Waals surface area contributed by atoms with Crippen LogP contribution in [-0.4, -0.2) is 19.2 Å². The predicted octanol–water partition coefficient (Wildman–Crippen LogP) is 3.78. The number of carbonyl (C=O) groups excluding carboxylic acids is 1. The van der Waals surface area contributed by atoms with E-state index in [9.17, 15) is 4.79 Å². The molecule has 1 amide bonds. The zero-order valence-electron chi connectivity index (χ0n) is 12.0. The summed E-state index contributed by atoms with van der Waals surface area (Å²) in [6.45, 7) is 0. The second kappa shape index (κ2) is 8.00. The van der Waals surface area contributed by atoms with Gasteiger partial charge in [0.05, 0.1) is 7.11 Å². The highest BCUT2D eigenvalue weighted by atomic mass is 35.5. The lowest BCUT2D eigenvalue weighted by molar-refractivity contribution is 0.0955. The summed E-state index contributed by atoms with van der Waals surface area (Å²) < 4.78 is 5.23. The molecule has 2 aromatic carbocycles. The first-order valence-corrected chi connectivity index (χ1v) is 6.97. The average Bonchev–Trinajstić information content (AvgIpc) is 2.55. The van der Waals surface area contributed by atoms with Crippen molar-refractivity contribution in [3.63, 3.8) is 0 Å². The van der Waals surface area contributed by atoms with Crippen molar-refractivity contribution in [3.05, 3.63) is 70.8 Å². The van der Waals surface area contributed by atoms with E-state index < -0.39 is 0 Å². The van der Waals surface area contributed by atoms with Gasteiger partial charge in [-0.1, -0.05) is 29.8 Å². The van der Waals surface area contributed by atoms with Gasteiger partial charge in [0.15, 0.2) is 0 Å². The quantitative estimate of drug-likeness (QED) is 0.674. The standard InChI is InChI=1S/C17H15ClN2O2/c1-22-16-7-3-2-5-13(16)6-4-12-19-20-17(21)14-8-10-15(18)11-9-14/h2-12H,1H3,(H,20,21)/b6-4+,19-12-. The van der Waals surface area contributed by atoms with Crippen molar-refractivity contribution in [3.8, 4) is 5.75 Å². The molecule has 0 saturated carbocycles. The Labute approximate surface area is 134 Å². The van der Waals surface area contributed by atoms with Crippen LogP contribution >= 0.6 is 11.6 Å². The zero-order valence-corrected chi connectivity index (χ0v) is 12.7. The van der Waals surface area contributed by atoms with Gasteiger partial charge in [-0.15, -0.1) is 0 Å². The van der Waals surface area contributed by atoms with Crippen LogP contribution in [0.5, 0.6) is 5.75 Å². The van der Waals surface area contributed by atoms with Crippen LogP contribution < -0.4 is 10.2 Å². The van der Waals surface area contributed by atoms with E-state index in [-0.39, 0.29) is 5.91 Å². The molecule has 1 N–H and O–H groups in total. The van der Waals surface area contributed by atoms with Crippen molar-refractivity contribution in [1.29, 1.82) is 0 Å². The smallest absolute Gasteiger partial charge is 0.271 e. The van der Waals surface area contributed by atoms with Crippen LogP contribution in [0.4, 0.5) is 0 Å². The normalized spacial score (nSPS) is 11.0. The molecule has 2 rings (SSSR count). The fraction of sp³-hybridized carbons (Fsp3) is 0.0588. The molecule has 5 heteroatoms. The summed E-state index contributed by atoms with van der Waals surface area (Å²) in [6, 6.07) is 14.2. The van der Waals surface area contributed by atoms with Gasteiger partial charge in [-0.05, 0) is 42.5 Å². The summed E-state index contributed by atoms with van der Waals surface area (Å²) in [5.41, 5.74) is 3.86. The Morgan fingerprint density at radius 3 is 2.64 bits per heavy atom. The van der Waals surface area contributed by atoms with Crippen LogP contribution in [0.3, 0.4) is 0 Å². The minimum atomic E-state index is -0.293. The summed E-state index contributed by atoms with van der Waals surface area (Å²) in [4.78, 5) is 11.8. The van der Waals surface area contributed by atoms with Crippen molar-refractivity contribution < 1.29 is 9.53 Å².